The maximum atomic E-state index is 13.4. The van der Waals surface area contributed by atoms with Crippen LogP contribution in [-0.4, -0.2) is 37.7 Å². The molecule has 2 amide bonds. The first kappa shape index (κ1) is 21.7. The normalized spacial score (nSPS) is 16.7. The molecule has 0 saturated carbocycles. The smallest absolute Gasteiger partial charge is 0.252 e. The van der Waals surface area contributed by atoms with E-state index in [1.807, 2.05) is 0 Å². The quantitative estimate of drug-likeness (QED) is 0.505. The van der Waals surface area contributed by atoms with E-state index < -0.39 is 33.7 Å². The summed E-state index contributed by atoms with van der Waals surface area (Å²) in [4.78, 5) is 26.8. The van der Waals surface area contributed by atoms with E-state index in [0.29, 0.717) is 17.2 Å². The molecule has 0 aliphatic carbocycles. The molecule has 1 aliphatic heterocycles. The number of methoxy groups -OCH3 is 1. The SMILES string of the molecule is COc1ccc(N2C(=O)CC(N(Cc3ccco3)S(=O)(=O)c3ccc(F)cc3)C2=O)cc1. The minimum atomic E-state index is -4.26. The zero-order valence-corrected chi connectivity index (χ0v) is 17.8. The lowest BCUT2D eigenvalue weighted by Crippen LogP contribution is -2.45. The van der Waals surface area contributed by atoms with Gasteiger partial charge in [-0.2, -0.15) is 4.31 Å². The fourth-order valence-corrected chi connectivity index (χ4v) is 5.05. The molecule has 0 N–H and O–H groups in total. The van der Waals surface area contributed by atoms with Gasteiger partial charge in [0.1, 0.15) is 23.4 Å². The number of sulfonamides is 1. The fourth-order valence-electron chi connectivity index (χ4n) is 3.50. The number of imide groups is 1. The molecule has 2 aromatic carbocycles. The standard InChI is InChI=1S/C22H19FN2O6S/c1-30-17-8-6-16(7-9-17)25-21(26)13-20(22(25)27)24(14-18-3-2-12-31-18)32(28,29)19-10-4-15(23)5-11-19/h2-12,20H,13-14H2,1H3. The lowest BCUT2D eigenvalue weighted by molar-refractivity contribution is -0.122. The highest BCUT2D eigenvalue weighted by molar-refractivity contribution is 7.89. The molecule has 0 spiro atoms. The number of carbonyl (C=O) groups excluding carboxylic acids is 2. The maximum Gasteiger partial charge on any atom is 0.252 e. The Morgan fingerprint density at radius 1 is 1.09 bits per heavy atom. The molecule has 32 heavy (non-hydrogen) atoms. The monoisotopic (exact) mass is 458 g/mol. The molecule has 1 unspecified atom stereocenters. The zero-order valence-electron chi connectivity index (χ0n) is 17.0. The van der Waals surface area contributed by atoms with Crippen LogP contribution < -0.4 is 9.64 Å². The fraction of sp³-hybridized carbons (Fsp3) is 0.182. The third kappa shape index (κ3) is 4.02. The molecule has 1 aromatic heterocycles. The summed E-state index contributed by atoms with van der Waals surface area (Å²) >= 11 is 0. The van der Waals surface area contributed by atoms with Crippen LogP contribution in [0.4, 0.5) is 10.1 Å². The number of rotatable bonds is 7. The average Bonchev–Trinajstić information content (AvgIpc) is 3.40. The van der Waals surface area contributed by atoms with Crippen molar-refractivity contribution < 1.29 is 31.6 Å². The number of anilines is 1. The third-order valence-electron chi connectivity index (χ3n) is 5.11. The van der Waals surface area contributed by atoms with Crippen molar-refractivity contribution in [3.8, 4) is 5.75 Å². The van der Waals surface area contributed by atoms with Gasteiger partial charge in [0.15, 0.2) is 0 Å². The van der Waals surface area contributed by atoms with Crippen LogP contribution in [0.1, 0.15) is 12.2 Å². The molecule has 0 radical (unpaired) electrons. The van der Waals surface area contributed by atoms with Crippen LogP contribution in [0.25, 0.3) is 0 Å². The first-order chi connectivity index (χ1) is 15.3. The van der Waals surface area contributed by atoms with Crippen molar-refractivity contribution in [2.75, 3.05) is 12.0 Å². The molecule has 166 valence electrons. The van der Waals surface area contributed by atoms with Crippen molar-refractivity contribution in [3.63, 3.8) is 0 Å². The number of halogens is 1. The number of carbonyl (C=O) groups is 2. The number of amides is 2. The molecule has 8 nitrogen and oxygen atoms in total. The number of furan rings is 1. The summed E-state index contributed by atoms with van der Waals surface area (Å²) in [6.07, 6.45) is 1.04. The summed E-state index contributed by atoms with van der Waals surface area (Å²) in [5.41, 5.74) is 0.306. The van der Waals surface area contributed by atoms with Gasteiger partial charge in [-0.05, 0) is 60.7 Å². The van der Waals surface area contributed by atoms with Gasteiger partial charge in [0.05, 0.1) is 36.9 Å². The second-order valence-electron chi connectivity index (χ2n) is 7.07. The van der Waals surface area contributed by atoms with Crippen LogP contribution in [0.15, 0.2) is 76.2 Å². The Bertz CT molecular complexity index is 1220. The minimum Gasteiger partial charge on any atom is -0.497 e. The molecule has 1 aliphatic rings. The summed E-state index contributed by atoms with van der Waals surface area (Å²) in [6.45, 7) is -0.271. The van der Waals surface area contributed by atoms with Gasteiger partial charge in [-0.1, -0.05) is 0 Å². The Hall–Kier alpha value is -3.50. The Labute approximate surface area is 183 Å². The first-order valence-electron chi connectivity index (χ1n) is 9.62. The number of hydrogen-bond donors (Lipinski definition) is 0. The van der Waals surface area contributed by atoms with Crippen molar-refractivity contribution in [2.24, 2.45) is 0 Å². The first-order valence-corrected chi connectivity index (χ1v) is 11.1. The Balaban J connectivity index is 1.71. The highest BCUT2D eigenvalue weighted by atomic mass is 32.2. The van der Waals surface area contributed by atoms with Crippen molar-refractivity contribution in [2.45, 2.75) is 23.9 Å². The van der Waals surface area contributed by atoms with E-state index >= 15 is 0 Å². The van der Waals surface area contributed by atoms with E-state index in [0.717, 1.165) is 33.5 Å². The van der Waals surface area contributed by atoms with Gasteiger partial charge in [0, 0.05) is 0 Å². The lowest BCUT2D eigenvalue weighted by Gasteiger charge is -2.26. The van der Waals surface area contributed by atoms with E-state index in [-0.39, 0.29) is 17.9 Å². The molecular formula is C22H19FN2O6S. The van der Waals surface area contributed by atoms with Gasteiger partial charge < -0.3 is 9.15 Å². The van der Waals surface area contributed by atoms with E-state index in [4.69, 9.17) is 9.15 Å². The van der Waals surface area contributed by atoms with Crippen LogP contribution >= 0.6 is 0 Å². The van der Waals surface area contributed by atoms with Gasteiger partial charge in [-0.15, -0.1) is 0 Å². The Morgan fingerprint density at radius 3 is 2.38 bits per heavy atom. The predicted molar refractivity (Wildman–Crippen MR) is 112 cm³/mol. The van der Waals surface area contributed by atoms with Crippen molar-refractivity contribution in [1.29, 1.82) is 0 Å². The third-order valence-corrected chi connectivity index (χ3v) is 6.98. The molecule has 2 heterocycles. The number of benzene rings is 2. The van der Waals surface area contributed by atoms with Crippen LogP contribution in [0.2, 0.25) is 0 Å². The summed E-state index contributed by atoms with van der Waals surface area (Å²) in [5.74, 6) is -0.984. The molecule has 4 rings (SSSR count). The second-order valence-corrected chi connectivity index (χ2v) is 8.96. The zero-order chi connectivity index (χ0) is 22.9. The molecular weight excluding hydrogens is 439 g/mol. The predicted octanol–water partition coefficient (Wildman–Crippen LogP) is 2.95. The summed E-state index contributed by atoms with van der Waals surface area (Å²) in [5, 5.41) is 0. The average molecular weight is 458 g/mol. The molecule has 10 heteroatoms. The minimum absolute atomic E-state index is 0.200. The van der Waals surface area contributed by atoms with E-state index in [2.05, 4.69) is 0 Å². The number of nitrogens with zero attached hydrogens (tertiary/aromatic N) is 2. The molecule has 0 bridgehead atoms. The molecule has 1 fully saturated rings. The van der Waals surface area contributed by atoms with Gasteiger partial charge in [-0.3, -0.25) is 9.59 Å². The van der Waals surface area contributed by atoms with Gasteiger partial charge in [0.2, 0.25) is 15.9 Å². The Kier molecular flexibility index (Phi) is 5.81. The highest BCUT2D eigenvalue weighted by Gasteiger charge is 2.47. The largest absolute Gasteiger partial charge is 0.497 e. The second kappa shape index (κ2) is 8.56. The van der Waals surface area contributed by atoms with Crippen molar-refractivity contribution in [3.05, 3.63) is 78.5 Å². The van der Waals surface area contributed by atoms with E-state index in [1.54, 1.807) is 36.4 Å². The van der Waals surface area contributed by atoms with Crippen LogP contribution in [0, 0.1) is 5.82 Å². The summed E-state index contributed by atoms with van der Waals surface area (Å²) in [6, 6.07) is 12.4. The van der Waals surface area contributed by atoms with Gasteiger partial charge >= 0.3 is 0 Å². The van der Waals surface area contributed by atoms with Crippen LogP contribution in [0.5, 0.6) is 5.75 Å². The lowest BCUT2D eigenvalue weighted by atomic mass is 10.2. The maximum absolute atomic E-state index is 13.4. The van der Waals surface area contributed by atoms with E-state index in [9.17, 15) is 22.4 Å². The summed E-state index contributed by atoms with van der Waals surface area (Å²) in [7, 11) is -2.77. The van der Waals surface area contributed by atoms with Crippen LogP contribution in [-0.2, 0) is 26.2 Å². The van der Waals surface area contributed by atoms with Crippen LogP contribution in [0.3, 0.4) is 0 Å². The molecule has 1 atom stereocenters. The number of hydrogen-bond acceptors (Lipinski definition) is 6. The number of ether oxygens (including phenoxy) is 1. The highest BCUT2D eigenvalue weighted by Crippen LogP contribution is 2.31. The van der Waals surface area contributed by atoms with Crippen molar-refractivity contribution >= 4 is 27.5 Å². The molecule has 1 saturated heterocycles. The Morgan fingerprint density at radius 2 is 1.78 bits per heavy atom. The van der Waals surface area contributed by atoms with Crippen molar-refractivity contribution in [1.82, 2.24) is 4.31 Å². The topological polar surface area (TPSA) is 97.1 Å². The van der Waals surface area contributed by atoms with Gasteiger partial charge in [-0.25, -0.2) is 17.7 Å². The van der Waals surface area contributed by atoms with Gasteiger partial charge in [0.25, 0.3) is 5.91 Å². The van der Waals surface area contributed by atoms with E-state index in [1.165, 1.54) is 13.4 Å². The summed E-state index contributed by atoms with van der Waals surface area (Å²) < 4.78 is 51.4. The molecule has 3 aromatic rings.